The monoisotopic (exact) mass is 454 g/mol. The molecule has 1 unspecified atom stereocenters. The van der Waals surface area contributed by atoms with Crippen molar-refractivity contribution in [1.29, 1.82) is 0 Å². The van der Waals surface area contributed by atoms with E-state index in [4.69, 9.17) is 0 Å². The summed E-state index contributed by atoms with van der Waals surface area (Å²) in [6, 6.07) is 12.9. The van der Waals surface area contributed by atoms with Gasteiger partial charge in [-0.25, -0.2) is 16.8 Å². The number of nitrogens with one attached hydrogen (secondary N) is 1. The molecule has 0 amide bonds. The Kier molecular flexibility index (Phi) is 6.13. The summed E-state index contributed by atoms with van der Waals surface area (Å²) >= 11 is 1.14. The Morgan fingerprint density at radius 3 is 2.45 bits per heavy atom. The molecule has 2 aliphatic heterocycles. The fraction of sp³-hybridized carbons (Fsp3) is 0.500. The SMILES string of the molecule is O=S1(=O)C[C@H](NCC(c2ccccc2)N2CCCC2)[C@@H](S(=O)(=O)c2cccs2)C1. The zero-order valence-corrected chi connectivity index (χ0v) is 18.6. The molecule has 3 atom stereocenters. The van der Waals surface area contributed by atoms with E-state index in [-0.39, 0.29) is 21.8 Å². The third-order valence-electron chi connectivity index (χ3n) is 5.81. The third kappa shape index (κ3) is 4.59. The first-order valence-electron chi connectivity index (χ1n) is 9.87. The van der Waals surface area contributed by atoms with Gasteiger partial charge in [-0.1, -0.05) is 36.4 Å². The summed E-state index contributed by atoms with van der Waals surface area (Å²) in [5, 5.41) is 4.10. The number of sulfone groups is 2. The second-order valence-corrected chi connectivity index (χ2v) is 13.3. The quantitative estimate of drug-likeness (QED) is 0.690. The number of hydrogen-bond acceptors (Lipinski definition) is 7. The van der Waals surface area contributed by atoms with Crippen LogP contribution in [0, 0.1) is 0 Å². The van der Waals surface area contributed by atoms with E-state index in [9.17, 15) is 16.8 Å². The van der Waals surface area contributed by atoms with Gasteiger partial charge < -0.3 is 5.32 Å². The van der Waals surface area contributed by atoms with Crippen molar-refractivity contribution in [3.05, 3.63) is 53.4 Å². The minimum atomic E-state index is -3.68. The van der Waals surface area contributed by atoms with Crippen molar-refractivity contribution in [2.75, 3.05) is 31.1 Å². The number of benzene rings is 1. The molecular formula is C20H26N2O4S3. The average molecular weight is 455 g/mol. The standard InChI is InChI=1S/C20H26N2O4S3/c23-28(24)14-17(19(15-28)29(25,26)20-9-6-12-27-20)21-13-18(22-10-4-5-11-22)16-7-2-1-3-8-16/h1-3,6-9,12,17-19,21H,4-5,10-11,13-15H2/t17-,18?,19-/m0/s1. The van der Waals surface area contributed by atoms with Crippen LogP contribution in [0.3, 0.4) is 0 Å². The van der Waals surface area contributed by atoms with Crippen molar-refractivity contribution in [3.63, 3.8) is 0 Å². The largest absolute Gasteiger partial charge is 0.310 e. The number of hydrogen-bond donors (Lipinski definition) is 1. The lowest BCUT2D eigenvalue weighted by atomic mass is 10.0. The predicted octanol–water partition coefficient (Wildman–Crippen LogP) is 2.11. The summed E-state index contributed by atoms with van der Waals surface area (Å²) in [6.45, 7) is 2.53. The first-order chi connectivity index (χ1) is 13.9. The second-order valence-electron chi connectivity index (χ2n) is 7.78. The molecule has 9 heteroatoms. The van der Waals surface area contributed by atoms with Gasteiger partial charge in [0.05, 0.1) is 16.8 Å². The summed E-state index contributed by atoms with van der Waals surface area (Å²) in [4.78, 5) is 2.40. The molecule has 1 aromatic heterocycles. The lowest BCUT2D eigenvalue weighted by Crippen LogP contribution is -2.46. The van der Waals surface area contributed by atoms with E-state index < -0.39 is 31.0 Å². The molecular weight excluding hydrogens is 428 g/mol. The van der Waals surface area contributed by atoms with Crippen LogP contribution in [0.15, 0.2) is 52.1 Å². The molecule has 6 nitrogen and oxygen atoms in total. The van der Waals surface area contributed by atoms with E-state index in [1.54, 1.807) is 17.5 Å². The van der Waals surface area contributed by atoms with Gasteiger partial charge in [-0.05, 0) is 42.9 Å². The minimum absolute atomic E-state index is 0.104. The highest BCUT2D eigenvalue weighted by Crippen LogP contribution is 2.30. The van der Waals surface area contributed by atoms with E-state index >= 15 is 0 Å². The van der Waals surface area contributed by atoms with Crippen molar-refractivity contribution in [1.82, 2.24) is 10.2 Å². The zero-order chi connectivity index (χ0) is 20.5. The summed E-state index contributed by atoms with van der Waals surface area (Å²) in [5.41, 5.74) is 1.17. The van der Waals surface area contributed by atoms with Crippen molar-refractivity contribution in [2.24, 2.45) is 0 Å². The second kappa shape index (κ2) is 8.47. The van der Waals surface area contributed by atoms with Crippen LogP contribution in [0.5, 0.6) is 0 Å². The normalized spacial score (nSPS) is 25.9. The molecule has 1 N–H and O–H groups in total. The first kappa shape index (κ1) is 21.0. The lowest BCUT2D eigenvalue weighted by Gasteiger charge is -2.30. The van der Waals surface area contributed by atoms with Gasteiger partial charge in [0.2, 0.25) is 0 Å². The number of likely N-dealkylation sites (tertiary alicyclic amines) is 1. The highest BCUT2D eigenvalue weighted by Gasteiger charge is 2.46. The van der Waals surface area contributed by atoms with Crippen LogP contribution in [0.2, 0.25) is 0 Å². The molecule has 0 aliphatic carbocycles. The topological polar surface area (TPSA) is 83.6 Å². The van der Waals surface area contributed by atoms with Crippen LogP contribution in [0.1, 0.15) is 24.4 Å². The maximum absolute atomic E-state index is 13.1. The fourth-order valence-corrected chi connectivity index (χ4v) is 10.3. The number of nitrogens with zero attached hydrogens (tertiary/aromatic N) is 1. The fourth-order valence-electron chi connectivity index (χ4n) is 4.34. The molecule has 158 valence electrons. The van der Waals surface area contributed by atoms with Gasteiger partial charge in [0.15, 0.2) is 19.7 Å². The summed E-state index contributed by atoms with van der Waals surface area (Å²) in [5.74, 6) is -0.450. The average Bonchev–Trinajstić information content (AvgIpc) is 3.44. The molecule has 0 saturated carbocycles. The molecule has 0 spiro atoms. The van der Waals surface area contributed by atoms with Gasteiger partial charge in [-0.15, -0.1) is 11.3 Å². The van der Waals surface area contributed by atoms with Gasteiger partial charge in [0.1, 0.15) is 4.21 Å². The molecule has 3 heterocycles. The molecule has 29 heavy (non-hydrogen) atoms. The van der Waals surface area contributed by atoms with Crippen LogP contribution in [0.25, 0.3) is 0 Å². The lowest BCUT2D eigenvalue weighted by molar-refractivity contribution is 0.234. The Morgan fingerprint density at radius 1 is 1.07 bits per heavy atom. The Morgan fingerprint density at radius 2 is 1.79 bits per heavy atom. The molecule has 0 bridgehead atoms. The molecule has 2 aliphatic rings. The van der Waals surface area contributed by atoms with Crippen LogP contribution in [-0.2, 0) is 19.7 Å². The smallest absolute Gasteiger partial charge is 0.193 e. The molecule has 4 rings (SSSR count). The Labute approximate surface area is 176 Å². The molecule has 1 aromatic carbocycles. The first-order valence-corrected chi connectivity index (χ1v) is 14.1. The number of rotatable bonds is 7. The molecule has 2 aromatic rings. The summed E-state index contributed by atoms with van der Waals surface area (Å²) in [7, 11) is -7.08. The van der Waals surface area contributed by atoms with Crippen LogP contribution in [-0.4, -0.2) is 64.2 Å². The maximum atomic E-state index is 13.1. The van der Waals surface area contributed by atoms with E-state index in [1.165, 1.54) is 5.56 Å². The Bertz CT molecular complexity index is 1010. The molecule has 2 saturated heterocycles. The van der Waals surface area contributed by atoms with Crippen molar-refractivity contribution in [2.45, 2.75) is 34.4 Å². The Hall–Kier alpha value is -1.26. The third-order valence-corrected chi connectivity index (χ3v) is 11.4. The van der Waals surface area contributed by atoms with Crippen molar-refractivity contribution in [3.8, 4) is 0 Å². The van der Waals surface area contributed by atoms with Gasteiger partial charge in [-0.3, -0.25) is 4.90 Å². The van der Waals surface area contributed by atoms with E-state index in [0.717, 1.165) is 37.3 Å². The summed E-state index contributed by atoms with van der Waals surface area (Å²) < 4.78 is 51.0. The van der Waals surface area contributed by atoms with E-state index in [2.05, 4.69) is 22.3 Å². The maximum Gasteiger partial charge on any atom is 0.193 e. The van der Waals surface area contributed by atoms with Gasteiger partial charge in [-0.2, -0.15) is 0 Å². The van der Waals surface area contributed by atoms with E-state index in [1.807, 2.05) is 18.2 Å². The van der Waals surface area contributed by atoms with Crippen LogP contribution in [0.4, 0.5) is 0 Å². The number of thiophene rings is 1. The van der Waals surface area contributed by atoms with Crippen molar-refractivity contribution < 1.29 is 16.8 Å². The van der Waals surface area contributed by atoms with Gasteiger partial charge >= 0.3 is 0 Å². The highest BCUT2D eigenvalue weighted by molar-refractivity contribution is 7.97. The summed E-state index contributed by atoms with van der Waals surface area (Å²) in [6.07, 6.45) is 2.30. The molecule has 0 radical (unpaired) electrons. The van der Waals surface area contributed by atoms with Gasteiger partial charge in [0, 0.05) is 18.6 Å². The predicted molar refractivity (Wildman–Crippen MR) is 116 cm³/mol. The van der Waals surface area contributed by atoms with E-state index in [0.29, 0.717) is 6.54 Å². The zero-order valence-electron chi connectivity index (χ0n) is 16.1. The highest BCUT2D eigenvalue weighted by atomic mass is 32.2. The minimum Gasteiger partial charge on any atom is -0.310 e. The van der Waals surface area contributed by atoms with Crippen LogP contribution >= 0.6 is 11.3 Å². The van der Waals surface area contributed by atoms with Crippen molar-refractivity contribution >= 4 is 31.0 Å². The van der Waals surface area contributed by atoms with Gasteiger partial charge in [0.25, 0.3) is 0 Å². The molecule has 2 fully saturated rings. The van der Waals surface area contributed by atoms with Crippen LogP contribution < -0.4 is 5.32 Å². The Balaban J connectivity index is 1.56.